The lowest BCUT2D eigenvalue weighted by Crippen LogP contribution is -2.56. The maximum atomic E-state index is 5.80. The summed E-state index contributed by atoms with van der Waals surface area (Å²) >= 11 is 0. The average Bonchev–Trinajstić information content (AvgIpc) is 2.46. The van der Waals surface area contributed by atoms with E-state index in [1.165, 1.54) is 24.9 Å². The lowest BCUT2D eigenvalue weighted by molar-refractivity contribution is -0.150. The molecule has 0 unspecified atom stereocenters. The molecule has 1 spiro atoms. The van der Waals surface area contributed by atoms with Gasteiger partial charge in [0.25, 0.3) is 0 Å². The predicted molar refractivity (Wildman–Crippen MR) is 84.1 cm³/mol. The van der Waals surface area contributed by atoms with Gasteiger partial charge in [0.15, 0.2) is 0 Å². The van der Waals surface area contributed by atoms with E-state index in [0.717, 1.165) is 25.4 Å². The SMILES string of the molecule is C=NC(N)=Nc1ccc(N2CCC[C@]3(CCO3)C2)cc1.[HH]. The van der Waals surface area contributed by atoms with Gasteiger partial charge in [0, 0.05) is 26.6 Å². The van der Waals surface area contributed by atoms with Gasteiger partial charge < -0.3 is 15.4 Å². The van der Waals surface area contributed by atoms with Gasteiger partial charge in [-0.2, -0.15) is 0 Å². The van der Waals surface area contributed by atoms with Crippen LogP contribution in [0.1, 0.15) is 20.7 Å². The van der Waals surface area contributed by atoms with Crippen molar-refractivity contribution in [1.29, 1.82) is 0 Å². The zero-order valence-electron chi connectivity index (χ0n) is 11.6. The van der Waals surface area contributed by atoms with Crippen molar-refractivity contribution < 1.29 is 6.16 Å². The van der Waals surface area contributed by atoms with Crippen LogP contribution in [0, 0.1) is 0 Å². The Morgan fingerprint density at radius 3 is 2.70 bits per heavy atom. The second-order valence-electron chi connectivity index (χ2n) is 5.45. The van der Waals surface area contributed by atoms with E-state index in [-0.39, 0.29) is 13.0 Å². The van der Waals surface area contributed by atoms with Crippen LogP contribution < -0.4 is 10.6 Å². The number of hydrogen-bond acceptors (Lipinski definition) is 3. The van der Waals surface area contributed by atoms with Gasteiger partial charge >= 0.3 is 0 Å². The van der Waals surface area contributed by atoms with Crippen molar-refractivity contribution in [2.75, 3.05) is 24.6 Å². The summed E-state index contributed by atoms with van der Waals surface area (Å²) in [5.41, 5.74) is 7.67. The molecule has 0 saturated carbocycles. The van der Waals surface area contributed by atoms with E-state index in [0.29, 0.717) is 0 Å². The number of aliphatic imine (C=N–C) groups is 2. The van der Waals surface area contributed by atoms with Crippen molar-refractivity contribution in [1.82, 2.24) is 0 Å². The summed E-state index contributed by atoms with van der Waals surface area (Å²) in [4.78, 5) is 10.1. The third kappa shape index (κ3) is 2.54. The molecule has 2 heterocycles. The highest BCUT2D eigenvalue weighted by molar-refractivity contribution is 5.84. The molecule has 5 nitrogen and oxygen atoms in total. The smallest absolute Gasteiger partial charge is 0.219 e. The number of nitrogens with zero attached hydrogens (tertiary/aromatic N) is 3. The fraction of sp³-hybridized carbons (Fsp3) is 0.467. The van der Waals surface area contributed by atoms with Crippen molar-refractivity contribution in [3.63, 3.8) is 0 Å². The van der Waals surface area contributed by atoms with Gasteiger partial charge in [-0.1, -0.05) is 0 Å². The van der Waals surface area contributed by atoms with Crippen LogP contribution in [0.4, 0.5) is 11.4 Å². The second-order valence-corrected chi connectivity index (χ2v) is 5.45. The molecule has 108 valence electrons. The molecule has 2 saturated heterocycles. The van der Waals surface area contributed by atoms with E-state index in [4.69, 9.17) is 10.5 Å². The molecule has 1 atom stereocenters. The minimum absolute atomic E-state index is 0. The van der Waals surface area contributed by atoms with Crippen LogP contribution in [0.5, 0.6) is 0 Å². The lowest BCUT2D eigenvalue weighted by atomic mass is 9.85. The van der Waals surface area contributed by atoms with Gasteiger partial charge in [0.05, 0.1) is 17.9 Å². The molecule has 0 radical (unpaired) electrons. The Labute approximate surface area is 120 Å². The number of piperidine rings is 1. The van der Waals surface area contributed by atoms with Gasteiger partial charge in [-0.25, -0.2) is 9.98 Å². The molecule has 0 aliphatic carbocycles. The van der Waals surface area contributed by atoms with Crippen LogP contribution in [-0.4, -0.2) is 38.0 Å². The largest absolute Gasteiger partial charge is 0.373 e. The van der Waals surface area contributed by atoms with Crippen molar-refractivity contribution in [3.05, 3.63) is 24.3 Å². The predicted octanol–water partition coefficient (Wildman–Crippen LogP) is 2.34. The Morgan fingerprint density at radius 2 is 2.10 bits per heavy atom. The van der Waals surface area contributed by atoms with E-state index in [9.17, 15) is 0 Å². The minimum atomic E-state index is 0. The number of rotatable bonds is 2. The molecule has 1 aromatic carbocycles. The number of nitrogens with two attached hydrogens (primary N) is 1. The van der Waals surface area contributed by atoms with E-state index in [2.05, 4.69) is 33.7 Å². The lowest BCUT2D eigenvalue weighted by Gasteiger charge is -2.49. The normalized spacial score (nSPS) is 26.4. The zero-order chi connectivity index (χ0) is 14.0. The van der Waals surface area contributed by atoms with Crippen LogP contribution in [-0.2, 0) is 4.74 Å². The first-order valence-electron chi connectivity index (χ1n) is 7.01. The Morgan fingerprint density at radius 1 is 1.35 bits per heavy atom. The first-order valence-corrected chi connectivity index (χ1v) is 7.01. The Bertz CT molecular complexity index is 525. The van der Waals surface area contributed by atoms with Crippen molar-refractivity contribution in [2.45, 2.75) is 24.9 Å². The number of hydrogen-bond donors (Lipinski definition) is 1. The minimum Gasteiger partial charge on any atom is -0.373 e. The first-order chi connectivity index (χ1) is 9.71. The molecule has 3 rings (SSSR count). The quantitative estimate of drug-likeness (QED) is 0.665. The summed E-state index contributed by atoms with van der Waals surface area (Å²) in [6.07, 6.45) is 3.56. The van der Waals surface area contributed by atoms with Crippen molar-refractivity contribution >= 4 is 24.1 Å². The van der Waals surface area contributed by atoms with Crippen molar-refractivity contribution in [2.24, 2.45) is 15.7 Å². The third-order valence-corrected chi connectivity index (χ3v) is 4.13. The van der Waals surface area contributed by atoms with Gasteiger partial charge in [-0.3, -0.25) is 0 Å². The maximum absolute atomic E-state index is 5.80. The molecule has 1 aromatic rings. The fourth-order valence-corrected chi connectivity index (χ4v) is 2.94. The summed E-state index contributed by atoms with van der Waals surface area (Å²) in [5.74, 6) is 0.192. The van der Waals surface area contributed by atoms with Crippen LogP contribution in [0.25, 0.3) is 0 Å². The summed E-state index contributed by atoms with van der Waals surface area (Å²) < 4.78 is 5.80. The molecule has 0 bridgehead atoms. The molecule has 2 aliphatic heterocycles. The van der Waals surface area contributed by atoms with E-state index in [1.54, 1.807) is 0 Å². The summed E-state index contributed by atoms with van der Waals surface area (Å²) in [7, 11) is 0. The monoisotopic (exact) mass is 274 g/mol. The molecule has 0 aromatic heterocycles. The van der Waals surface area contributed by atoms with E-state index < -0.39 is 0 Å². The summed E-state index contributed by atoms with van der Waals surface area (Å²) in [5, 5.41) is 0. The van der Waals surface area contributed by atoms with Crippen LogP contribution in [0.15, 0.2) is 34.3 Å². The van der Waals surface area contributed by atoms with Crippen LogP contribution >= 0.6 is 0 Å². The van der Waals surface area contributed by atoms with Gasteiger partial charge in [-0.15, -0.1) is 0 Å². The molecule has 2 N–H and O–H groups in total. The molecule has 0 amide bonds. The van der Waals surface area contributed by atoms with Gasteiger partial charge in [0.1, 0.15) is 0 Å². The van der Waals surface area contributed by atoms with E-state index in [1.807, 2.05) is 12.1 Å². The molecular weight excluding hydrogens is 252 g/mol. The number of guanidine groups is 1. The molecule has 2 fully saturated rings. The van der Waals surface area contributed by atoms with Crippen LogP contribution in [0.2, 0.25) is 0 Å². The number of anilines is 1. The standard InChI is InChI=1S/C15H20N4O.H2/c1-17-14(16)18-12-3-5-13(6-4-12)19-9-2-7-15(11-19)8-10-20-15;/h3-6H,1-2,7-11H2,(H2,16,18);1H/t15-;/m0./s1. The molecule has 20 heavy (non-hydrogen) atoms. The van der Waals surface area contributed by atoms with Gasteiger partial charge in [-0.05, 0) is 43.8 Å². The fourth-order valence-electron chi connectivity index (χ4n) is 2.94. The zero-order valence-corrected chi connectivity index (χ0v) is 11.6. The summed E-state index contributed by atoms with van der Waals surface area (Å²) in [6.45, 7) is 6.34. The Hall–Kier alpha value is -1.88. The van der Waals surface area contributed by atoms with E-state index >= 15 is 0 Å². The van der Waals surface area contributed by atoms with Crippen molar-refractivity contribution in [3.8, 4) is 0 Å². The number of ether oxygens (including phenoxy) is 1. The molecule has 2 aliphatic rings. The van der Waals surface area contributed by atoms with Gasteiger partial charge in [0.2, 0.25) is 5.96 Å². The summed E-state index contributed by atoms with van der Waals surface area (Å²) in [6, 6.07) is 8.06. The molecule has 5 heteroatoms. The highest BCUT2D eigenvalue weighted by Crippen LogP contribution is 2.37. The average molecular weight is 274 g/mol. The highest BCUT2D eigenvalue weighted by Gasteiger charge is 2.42. The maximum Gasteiger partial charge on any atom is 0.219 e. The third-order valence-electron chi connectivity index (χ3n) is 4.13. The number of benzene rings is 1. The Kier molecular flexibility index (Phi) is 3.44. The highest BCUT2D eigenvalue weighted by atomic mass is 16.5. The van der Waals surface area contributed by atoms with Crippen LogP contribution in [0.3, 0.4) is 0 Å². The topological polar surface area (TPSA) is 63.2 Å². The molecular formula is C15H22N4O. The Balaban J connectivity index is 0.00000161. The first kappa shape index (κ1) is 13.1. The second kappa shape index (κ2) is 5.25.